The summed E-state index contributed by atoms with van der Waals surface area (Å²) in [5, 5.41) is 26.2. The number of carbonyl (C=O) groups is 1. The van der Waals surface area contributed by atoms with Crippen molar-refractivity contribution in [1.29, 1.82) is 0 Å². The highest BCUT2D eigenvalue weighted by Gasteiger charge is 2.34. The molecule has 3 N–H and O–H groups in total. The van der Waals surface area contributed by atoms with E-state index in [2.05, 4.69) is 15.4 Å². The van der Waals surface area contributed by atoms with E-state index in [4.69, 9.17) is 0 Å². The third kappa shape index (κ3) is 4.76. The smallest absolute Gasteiger partial charge is 0.393 e. The Kier molecular flexibility index (Phi) is 6.47. The summed E-state index contributed by atoms with van der Waals surface area (Å²) < 4.78 is 44.2. The van der Waals surface area contributed by atoms with Gasteiger partial charge < -0.3 is 15.5 Å². The number of amides is 1. The van der Waals surface area contributed by atoms with E-state index in [1.807, 2.05) is 6.07 Å². The zero-order valence-corrected chi connectivity index (χ0v) is 20.0. The summed E-state index contributed by atoms with van der Waals surface area (Å²) >= 11 is 0. The van der Waals surface area contributed by atoms with E-state index < -0.39 is 30.4 Å². The van der Waals surface area contributed by atoms with E-state index in [9.17, 15) is 28.2 Å². The second-order valence-corrected chi connectivity index (χ2v) is 8.65. The minimum absolute atomic E-state index is 0.0000578. The van der Waals surface area contributed by atoms with E-state index in [0.29, 0.717) is 28.3 Å². The van der Waals surface area contributed by atoms with Crippen LogP contribution < -0.4 is 5.32 Å². The number of hydrogen-bond donors (Lipinski definition) is 3. The number of aromatic nitrogens is 4. The molecule has 3 heterocycles. The molecule has 0 saturated heterocycles. The molecule has 1 unspecified atom stereocenters. The molecule has 0 aliphatic carbocycles. The molecule has 5 rings (SSSR count). The second kappa shape index (κ2) is 9.77. The van der Waals surface area contributed by atoms with Crippen molar-refractivity contribution in [2.75, 3.05) is 11.9 Å². The molecule has 0 aliphatic rings. The highest BCUT2D eigenvalue weighted by atomic mass is 19.4. The van der Waals surface area contributed by atoms with Crippen LogP contribution in [0.5, 0.6) is 0 Å². The molecule has 0 radical (unpaired) electrons. The fourth-order valence-corrected chi connectivity index (χ4v) is 4.17. The van der Waals surface area contributed by atoms with Crippen LogP contribution in [0.15, 0.2) is 79.1 Å². The third-order valence-electron chi connectivity index (χ3n) is 6.06. The molecule has 38 heavy (non-hydrogen) atoms. The van der Waals surface area contributed by atoms with Crippen LogP contribution in [-0.4, -0.2) is 41.9 Å². The lowest BCUT2D eigenvalue weighted by atomic mass is 10.0. The van der Waals surface area contributed by atoms with Crippen LogP contribution >= 0.6 is 0 Å². The number of fused-ring (bicyclic) bond motifs is 1. The SMILES string of the molecule is Cn1ccc(-c2cc(C(=O)Nc3c(-c4ccccc4)nc4cc(C(O)CO)ccn34)ccc2C(F)(F)F)n1. The Labute approximate surface area is 214 Å². The van der Waals surface area contributed by atoms with Crippen molar-refractivity contribution in [3.05, 3.63) is 95.8 Å². The van der Waals surface area contributed by atoms with Gasteiger partial charge >= 0.3 is 6.18 Å². The van der Waals surface area contributed by atoms with Crippen molar-refractivity contribution in [3.8, 4) is 22.5 Å². The fraction of sp³-hybridized carbons (Fsp3) is 0.148. The number of anilines is 1. The molecule has 8 nitrogen and oxygen atoms in total. The van der Waals surface area contributed by atoms with Gasteiger partial charge in [0.15, 0.2) is 0 Å². The first kappa shape index (κ1) is 25.2. The van der Waals surface area contributed by atoms with Crippen molar-refractivity contribution in [3.63, 3.8) is 0 Å². The number of carbonyl (C=O) groups excluding carboxylic acids is 1. The minimum Gasteiger partial charge on any atom is -0.393 e. The summed E-state index contributed by atoms with van der Waals surface area (Å²) in [7, 11) is 1.59. The molecule has 0 saturated carbocycles. The first-order valence-corrected chi connectivity index (χ1v) is 11.5. The number of aliphatic hydroxyl groups is 2. The number of pyridine rings is 1. The predicted octanol–water partition coefficient (Wildman–Crippen LogP) is 4.70. The number of aryl methyl sites for hydroxylation is 1. The van der Waals surface area contributed by atoms with Gasteiger partial charge in [-0.3, -0.25) is 13.9 Å². The Morgan fingerprint density at radius 1 is 1.05 bits per heavy atom. The van der Waals surface area contributed by atoms with Crippen molar-refractivity contribution < 1.29 is 28.2 Å². The predicted molar refractivity (Wildman–Crippen MR) is 134 cm³/mol. The van der Waals surface area contributed by atoms with Crippen LogP contribution in [0, 0.1) is 0 Å². The van der Waals surface area contributed by atoms with Gasteiger partial charge in [0.1, 0.15) is 23.3 Å². The number of rotatable bonds is 6. The molecule has 1 atom stereocenters. The van der Waals surface area contributed by atoms with Crippen LogP contribution in [0.1, 0.15) is 27.6 Å². The highest BCUT2D eigenvalue weighted by Crippen LogP contribution is 2.37. The fourth-order valence-electron chi connectivity index (χ4n) is 4.17. The van der Waals surface area contributed by atoms with E-state index in [-0.39, 0.29) is 16.8 Å². The van der Waals surface area contributed by atoms with Gasteiger partial charge in [-0.2, -0.15) is 18.3 Å². The summed E-state index contributed by atoms with van der Waals surface area (Å²) in [6.45, 7) is -0.474. The molecule has 3 aromatic heterocycles. The van der Waals surface area contributed by atoms with E-state index >= 15 is 0 Å². The summed E-state index contributed by atoms with van der Waals surface area (Å²) in [6.07, 6.45) is -2.63. The molecular weight excluding hydrogens is 499 g/mol. The lowest BCUT2D eigenvalue weighted by Crippen LogP contribution is -2.16. The van der Waals surface area contributed by atoms with E-state index in [0.717, 1.165) is 12.1 Å². The monoisotopic (exact) mass is 521 g/mol. The number of hydrogen-bond acceptors (Lipinski definition) is 5. The maximum absolute atomic E-state index is 13.7. The third-order valence-corrected chi connectivity index (χ3v) is 6.06. The highest BCUT2D eigenvalue weighted by molar-refractivity contribution is 6.06. The summed E-state index contributed by atoms with van der Waals surface area (Å²) in [5.74, 6) is -0.352. The van der Waals surface area contributed by atoms with Gasteiger partial charge in [0.05, 0.1) is 17.9 Å². The van der Waals surface area contributed by atoms with Crippen LogP contribution in [0.3, 0.4) is 0 Å². The minimum atomic E-state index is -4.64. The van der Waals surface area contributed by atoms with Crippen LogP contribution in [0.25, 0.3) is 28.2 Å². The molecule has 0 aliphatic heterocycles. The van der Waals surface area contributed by atoms with Gasteiger partial charge in [-0.1, -0.05) is 30.3 Å². The number of imidazole rings is 1. The lowest BCUT2D eigenvalue weighted by molar-refractivity contribution is -0.137. The van der Waals surface area contributed by atoms with Gasteiger partial charge in [0, 0.05) is 36.1 Å². The Balaban J connectivity index is 1.59. The van der Waals surface area contributed by atoms with Crippen LogP contribution in [0.4, 0.5) is 19.0 Å². The normalized spacial score (nSPS) is 12.6. The van der Waals surface area contributed by atoms with E-state index in [1.54, 1.807) is 54.0 Å². The Hall–Kier alpha value is -4.48. The van der Waals surface area contributed by atoms with Crippen molar-refractivity contribution >= 4 is 17.4 Å². The quantitative estimate of drug-likeness (QED) is 0.301. The zero-order chi connectivity index (χ0) is 27.0. The van der Waals surface area contributed by atoms with E-state index in [1.165, 1.54) is 23.0 Å². The number of nitrogens with one attached hydrogen (secondary N) is 1. The molecule has 5 aromatic rings. The summed E-state index contributed by atoms with van der Waals surface area (Å²) in [4.78, 5) is 18.0. The van der Waals surface area contributed by atoms with Crippen LogP contribution in [-0.2, 0) is 13.2 Å². The largest absolute Gasteiger partial charge is 0.417 e. The Morgan fingerprint density at radius 2 is 1.82 bits per heavy atom. The summed E-state index contributed by atoms with van der Waals surface area (Å²) in [5.41, 5.74) is 0.918. The number of benzene rings is 2. The second-order valence-electron chi connectivity index (χ2n) is 8.65. The Morgan fingerprint density at radius 3 is 2.47 bits per heavy atom. The average Bonchev–Trinajstić information content (AvgIpc) is 3.51. The average molecular weight is 521 g/mol. The molecule has 11 heteroatoms. The number of alkyl halides is 3. The van der Waals surface area contributed by atoms with Crippen molar-refractivity contribution in [2.45, 2.75) is 12.3 Å². The van der Waals surface area contributed by atoms with Gasteiger partial charge in [-0.25, -0.2) is 4.98 Å². The maximum atomic E-state index is 13.7. The van der Waals surface area contributed by atoms with Gasteiger partial charge in [0.2, 0.25) is 0 Å². The molecule has 194 valence electrons. The topological polar surface area (TPSA) is 105 Å². The van der Waals surface area contributed by atoms with Crippen LogP contribution in [0.2, 0.25) is 0 Å². The van der Waals surface area contributed by atoms with Crippen molar-refractivity contribution in [1.82, 2.24) is 19.2 Å². The van der Waals surface area contributed by atoms with Gasteiger partial charge in [-0.15, -0.1) is 0 Å². The maximum Gasteiger partial charge on any atom is 0.417 e. The molecule has 0 bridgehead atoms. The molecule has 1 amide bonds. The molecular formula is C27H22F3N5O3. The van der Waals surface area contributed by atoms with Gasteiger partial charge in [0.25, 0.3) is 5.91 Å². The number of nitrogens with zero attached hydrogens (tertiary/aromatic N) is 4. The zero-order valence-electron chi connectivity index (χ0n) is 20.0. The summed E-state index contributed by atoms with van der Waals surface area (Å²) in [6, 6.07) is 16.8. The number of aliphatic hydroxyl groups excluding tert-OH is 2. The van der Waals surface area contributed by atoms with Crippen molar-refractivity contribution in [2.24, 2.45) is 7.05 Å². The van der Waals surface area contributed by atoms with Gasteiger partial charge in [-0.05, 0) is 42.0 Å². The lowest BCUT2D eigenvalue weighted by Gasteiger charge is -2.14. The first-order chi connectivity index (χ1) is 18.2. The standard InChI is InChI=1S/C27H22F3N5O3/c1-34-11-10-21(33-34)19-13-18(7-8-20(19)27(28,29)30)26(38)32-25-24(16-5-3-2-4-6-16)31-23-14-17(22(37)15-36)9-12-35(23)25/h2-14,22,36-37H,15H2,1H3,(H,32,38). The first-order valence-electron chi connectivity index (χ1n) is 11.5. The molecule has 0 fully saturated rings. The number of halogens is 3. The molecule has 2 aromatic carbocycles. The molecule has 0 spiro atoms. The Bertz CT molecular complexity index is 1630.